The molecule has 20 heavy (non-hydrogen) atoms. The maximum Gasteiger partial charge on any atom is 0.141 e. The van der Waals surface area contributed by atoms with Gasteiger partial charge in [-0.1, -0.05) is 13.8 Å². The SMILES string of the molecule is CCCNC(c1ccc(F)cn1)C(C)CN(C)C1CC1. The van der Waals surface area contributed by atoms with E-state index in [0.29, 0.717) is 5.92 Å². The molecule has 1 aliphatic rings. The van der Waals surface area contributed by atoms with Crippen LogP contribution in [0.25, 0.3) is 0 Å². The minimum absolute atomic E-state index is 0.191. The van der Waals surface area contributed by atoms with Gasteiger partial charge >= 0.3 is 0 Å². The molecule has 1 N–H and O–H groups in total. The predicted molar refractivity (Wildman–Crippen MR) is 80.0 cm³/mol. The van der Waals surface area contributed by atoms with Crippen molar-refractivity contribution in [2.45, 2.75) is 45.2 Å². The lowest BCUT2D eigenvalue weighted by Gasteiger charge is -2.28. The van der Waals surface area contributed by atoms with Crippen molar-refractivity contribution >= 4 is 0 Å². The van der Waals surface area contributed by atoms with E-state index in [-0.39, 0.29) is 11.9 Å². The third kappa shape index (κ3) is 4.25. The van der Waals surface area contributed by atoms with E-state index in [2.05, 4.69) is 36.1 Å². The lowest BCUT2D eigenvalue weighted by atomic mass is 9.97. The van der Waals surface area contributed by atoms with Crippen LogP contribution >= 0.6 is 0 Å². The van der Waals surface area contributed by atoms with Gasteiger partial charge in [-0.15, -0.1) is 0 Å². The van der Waals surface area contributed by atoms with E-state index in [4.69, 9.17) is 0 Å². The third-order valence-electron chi connectivity index (χ3n) is 4.00. The van der Waals surface area contributed by atoms with Gasteiger partial charge in [-0.2, -0.15) is 0 Å². The molecule has 0 saturated heterocycles. The second-order valence-electron chi connectivity index (χ2n) is 5.98. The highest BCUT2D eigenvalue weighted by molar-refractivity contribution is 5.11. The van der Waals surface area contributed by atoms with Crippen molar-refractivity contribution in [2.75, 3.05) is 20.1 Å². The van der Waals surface area contributed by atoms with Crippen LogP contribution in [0.3, 0.4) is 0 Å². The zero-order valence-electron chi connectivity index (χ0n) is 12.8. The molecule has 0 aromatic carbocycles. The van der Waals surface area contributed by atoms with Gasteiger partial charge in [0.25, 0.3) is 0 Å². The molecular weight excluding hydrogens is 253 g/mol. The fraction of sp³-hybridized carbons (Fsp3) is 0.688. The van der Waals surface area contributed by atoms with E-state index in [1.807, 2.05) is 0 Å². The molecule has 2 atom stereocenters. The molecule has 0 aliphatic heterocycles. The Bertz CT molecular complexity index is 403. The van der Waals surface area contributed by atoms with Crippen LogP contribution in [-0.2, 0) is 0 Å². The van der Waals surface area contributed by atoms with E-state index in [0.717, 1.165) is 31.2 Å². The van der Waals surface area contributed by atoms with Gasteiger partial charge in [0.2, 0.25) is 0 Å². The largest absolute Gasteiger partial charge is 0.308 e. The molecule has 1 heterocycles. The summed E-state index contributed by atoms with van der Waals surface area (Å²) in [5.74, 6) is 0.177. The van der Waals surface area contributed by atoms with Gasteiger partial charge in [-0.3, -0.25) is 4.98 Å². The Morgan fingerprint density at radius 1 is 1.45 bits per heavy atom. The summed E-state index contributed by atoms with van der Waals surface area (Å²) >= 11 is 0. The zero-order valence-corrected chi connectivity index (χ0v) is 12.8. The first-order valence-corrected chi connectivity index (χ1v) is 7.67. The highest BCUT2D eigenvalue weighted by atomic mass is 19.1. The normalized spacial score (nSPS) is 18.2. The van der Waals surface area contributed by atoms with Gasteiger partial charge in [0.05, 0.1) is 17.9 Å². The second kappa shape index (κ2) is 7.14. The highest BCUT2D eigenvalue weighted by Crippen LogP contribution is 2.28. The van der Waals surface area contributed by atoms with Gasteiger partial charge in [0.1, 0.15) is 5.82 Å². The molecule has 112 valence electrons. The molecule has 1 aromatic heterocycles. The molecule has 0 bridgehead atoms. The van der Waals surface area contributed by atoms with Gasteiger partial charge < -0.3 is 10.2 Å². The summed E-state index contributed by atoms with van der Waals surface area (Å²) in [4.78, 5) is 6.70. The van der Waals surface area contributed by atoms with Crippen molar-refractivity contribution < 1.29 is 4.39 Å². The van der Waals surface area contributed by atoms with Crippen LogP contribution < -0.4 is 5.32 Å². The van der Waals surface area contributed by atoms with Gasteiger partial charge in [-0.25, -0.2) is 4.39 Å². The molecule has 4 heteroatoms. The van der Waals surface area contributed by atoms with Crippen molar-refractivity contribution in [2.24, 2.45) is 5.92 Å². The average molecular weight is 279 g/mol. The van der Waals surface area contributed by atoms with Crippen molar-refractivity contribution in [3.63, 3.8) is 0 Å². The number of halogens is 1. The number of aromatic nitrogens is 1. The summed E-state index contributed by atoms with van der Waals surface area (Å²) in [5, 5.41) is 3.56. The Labute approximate surface area is 121 Å². The van der Waals surface area contributed by atoms with Crippen LogP contribution in [0.2, 0.25) is 0 Å². The minimum Gasteiger partial charge on any atom is -0.308 e. The van der Waals surface area contributed by atoms with Gasteiger partial charge in [0.15, 0.2) is 0 Å². The maximum absolute atomic E-state index is 13.0. The van der Waals surface area contributed by atoms with Crippen LogP contribution in [0, 0.1) is 11.7 Å². The second-order valence-corrected chi connectivity index (χ2v) is 5.98. The van der Waals surface area contributed by atoms with E-state index in [1.165, 1.54) is 25.1 Å². The summed E-state index contributed by atoms with van der Waals surface area (Å²) in [7, 11) is 2.20. The molecule has 1 aromatic rings. The number of pyridine rings is 1. The fourth-order valence-electron chi connectivity index (χ4n) is 2.69. The van der Waals surface area contributed by atoms with Gasteiger partial charge in [0, 0.05) is 12.6 Å². The van der Waals surface area contributed by atoms with E-state index >= 15 is 0 Å². The molecule has 1 saturated carbocycles. The average Bonchev–Trinajstić information content (AvgIpc) is 3.25. The van der Waals surface area contributed by atoms with E-state index in [9.17, 15) is 4.39 Å². The lowest BCUT2D eigenvalue weighted by molar-refractivity contribution is 0.237. The zero-order chi connectivity index (χ0) is 14.5. The lowest BCUT2D eigenvalue weighted by Crippen LogP contribution is -2.36. The first kappa shape index (κ1) is 15.4. The Kier molecular flexibility index (Phi) is 5.49. The molecule has 2 unspecified atom stereocenters. The van der Waals surface area contributed by atoms with Crippen LogP contribution in [0.15, 0.2) is 18.3 Å². The standard InChI is InChI=1S/C16H26FN3/c1-4-9-18-16(15-8-5-13(17)10-19-15)12(2)11-20(3)14-6-7-14/h5,8,10,12,14,16,18H,4,6-7,9,11H2,1-3H3. The first-order chi connectivity index (χ1) is 9.61. The molecule has 1 aliphatic carbocycles. The number of rotatable bonds is 8. The highest BCUT2D eigenvalue weighted by Gasteiger charge is 2.29. The van der Waals surface area contributed by atoms with Crippen molar-refractivity contribution in [3.05, 3.63) is 29.8 Å². The Balaban J connectivity index is 2.02. The van der Waals surface area contributed by atoms with Crippen molar-refractivity contribution in [3.8, 4) is 0 Å². The molecule has 3 nitrogen and oxygen atoms in total. The smallest absolute Gasteiger partial charge is 0.141 e. The topological polar surface area (TPSA) is 28.2 Å². The third-order valence-corrected chi connectivity index (χ3v) is 4.00. The summed E-state index contributed by atoms with van der Waals surface area (Å²) in [5.41, 5.74) is 0.941. The molecule has 2 rings (SSSR count). The van der Waals surface area contributed by atoms with Crippen LogP contribution in [0.5, 0.6) is 0 Å². The van der Waals surface area contributed by atoms with Crippen LogP contribution in [0.4, 0.5) is 4.39 Å². The summed E-state index contributed by atoms with van der Waals surface area (Å²) in [6.07, 6.45) is 5.05. The number of nitrogens with zero attached hydrogens (tertiary/aromatic N) is 2. The Hall–Kier alpha value is -1.00. The quantitative estimate of drug-likeness (QED) is 0.793. The molecule has 0 spiro atoms. The Morgan fingerprint density at radius 2 is 2.20 bits per heavy atom. The van der Waals surface area contributed by atoms with Crippen molar-refractivity contribution in [1.82, 2.24) is 15.2 Å². The molecule has 0 radical (unpaired) electrons. The number of hydrogen-bond acceptors (Lipinski definition) is 3. The summed E-state index contributed by atoms with van der Waals surface area (Å²) in [6.45, 7) is 6.41. The monoisotopic (exact) mass is 279 g/mol. The van der Waals surface area contributed by atoms with Gasteiger partial charge in [-0.05, 0) is 50.9 Å². The summed E-state index contributed by atoms with van der Waals surface area (Å²) in [6, 6.07) is 4.26. The fourth-order valence-corrected chi connectivity index (χ4v) is 2.69. The minimum atomic E-state index is -0.272. The van der Waals surface area contributed by atoms with Crippen LogP contribution in [0.1, 0.15) is 44.8 Å². The Morgan fingerprint density at radius 3 is 2.75 bits per heavy atom. The molecule has 0 amide bonds. The first-order valence-electron chi connectivity index (χ1n) is 7.67. The van der Waals surface area contributed by atoms with Crippen molar-refractivity contribution in [1.29, 1.82) is 0 Å². The van der Waals surface area contributed by atoms with E-state index in [1.54, 1.807) is 6.07 Å². The van der Waals surface area contributed by atoms with E-state index < -0.39 is 0 Å². The molecule has 1 fully saturated rings. The predicted octanol–water partition coefficient (Wildman–Crippen LogP) is 2.99. The van der Waals surface area contributed by atoms with Crippen LogP contribution in [-0.4, -0.2) is 36.1 Å². The number of hydrogen-bond donors (Lipinski definition) is 1. The molecular formula is C16H26FN3. The summed E-state index contributed by atoms with van der Waals surface area (Å²) < 4.78 is 13.0. The number of nitrogens with one attached hydrogen (secondary N) is 1. The maximum atomic E-state index is 13.0.